The number of nitrogens with zero attached hydrogens (tertiary/aromatic N) is 3. The first-order valence-electron chi connectivity index (χ1n) is 7.17. The van der Waals surface area contributed by atoms with E-state index in [-0.39, 0.29) is 21.0 Å². The minimum Gasteiger partial charge on any atom is -0.481 e. The molecule has 0 bridgehead atoms. The number of fused-ring (bicyclic) bond motifs is 1. The first kappa shape index (κ1) is 18.2. The number of nitro benzene ring substituents is 1. The molecule has 0 spiro atoms. The van der Waals surface area contributed by atoms with Crippen LogP contribution in [-0.2, 0) is 18.0 Å². The summed E-state index contributed by atoms with van der Waals surface area (Å²) in [5.74, 6) is -0.794. The van der Waals surface area contributed by atoms with Crippen molar-refractivity contribution in [1.82, 2.24) is 9.13 Å². The van der Waals surface area contributed by atoms with Crippen molar-refractivity contribution in [3.8, 4) is 11.4 Å². The Labute approximate surface area is 146 Å². The quantitative estimate of drug-likeness (QED) is 0.601. The SMILES string of the molecule is Cn1c(C(F)(F)F)cc(=O)n(-c2ccc3c(c2[N+](=O)[O-])NC(=O)CO3)c1=O. The topological polar surface area (TPSA) is 125 Å². The van der Waals surface area contributed by atoms with Crippen molar-refractivity contribution in [2.45, 2.75) is 6.18 Å². The molecule has 2 aromatic rings. The smallest absolute Gasteiger partial charge is 0.431 e. The number of halogens is 3. The number of benzene rings is 1. The molecule has 13 heteroatoms. The Kier molecular flexibility index (Phi) is 4.01. The lowest BCUT2D eigenvalue weighted by Crippen LogP contribution is -2.41. The van der Waals surface area contributed by atoms with Crippen molar-refractivity contribution in [2.24, 2.45) is 7.05 Å². The fraction of sp³-hybridized carbons (Fsp3) is 0.214. The fourth-order valence-electron chi connectivity index (χ4n) is 2.61. The maximum Gasteiger partial charge on any atom is 0.431 e. The number of hydrogen-bond acceptors (Lipinski definition) is 6. The second-order valence-electron chi connectivity index (χ2n) is 5.44. The van der Waals surface area contributed by atoms with Gasteiger partial charge in [-0.25, -0.2) is 9.36 Å². The Morgan fingerprint density at radius 1 is 1.26 bits per heavy atom. The predicted molar refractivity (Wildman–Crippen MR) is 83.1 cm³/mol. The molecule has 0 saturated carbocycles. The number of nitro groups is 1. The molecule has 0 saturated heterocycles. The number of carbonyl (C=O) groups is 1. The van der Waals surface area contributed by atoms with E-state index in [9.17, 15) is 37.7 Å². The molecule has 2 heterocycles. The van der Waals surface area contributed by atoms with Crippen LogP contribution in [0.15, 0.2) is 27.8 Å². The van der Waals surface area contributed by atoms with Gasteiger partial charge in [0.25, 0.3) is 11.5 Å². The van der Waals surface area contributed by atoms with E-state index in [1.165, 1.54) is 0 Å². The van der Waals surface area contributed by atoms with Crippen molar-refractivity contribution in [2.75, 3.05) is 11.9 Å². The minimum absolute atomic E-state index is 0.0816. The van der Waals surface area contributed by atoms with Crippen molar-refractivity contribution < 1.29 is 27.6 Å². The molecule has 1 aromatic heterocycles. The average molecular weight is 386 g/mol. The van der Waals surface area contributed by atoms with E-state index in [4.69, 9.17) is 4.74 Å². The molecule has 1 aliphatic heterocycles. The third-order valence-corrected chi connectivity index (χ3v) is 3.78. The molecule has 1 N–H and O–H groups in total. The number of ether oxygens (including phenoxy) is 1. The van der Waals surface area contributed by atoms with Crippen LogP contribution < -0.4 is 21.3 Å². The fourth-order valence-corrected chi connectivity index (χ4v) is 2.61. The highest BCUT2D eigenvalue weighted by atomic mass is 19.4. The molecule has 1 aromatic carbocycles. The molecular formula is C14H9F3N4O6. The van der Waals surface area contributed by atoms with Gasteiger partial charge in [0.1, 0.15) is 11.4 Å². The molecule has 0 fully saturated rings. The van der Waals surface area contributed by atoms with Crippen LogP contribution in [0.25, 0.3) is 5.69 Å². The van der Waals surface area contributed by atoms with Crippen LogP contribution in [-0.4, -0.2) is 26.6 Å². The van der Waals surface area contributed by atoms with Crippen molar-refractivity contribution in [3.05, 3.63) is 54.8 Å². The van der Waals surface area contributed by atoms with E-state index in [2.05, 4.69) is 5.32 Å². The lowest BCUT2D eigenvalue weighted by atomic mass is 10.2. The summed E-state index contributed by atoms with van der Waals surface area (Å²) in [6, 6.07) is 2.28. The van der Waals surface area contributed by atoms with E-state index in [1.807, 2.05) is 0 Å². The third kappa shape index (κ3) is 2.92. The molecular weight excluding hydrogens is 377 g/mol. The Balaban J connectivity index is 2.37. The molecule has 0 radical (unpaired) electrons. The third-order valence-electron chi connectivity index (χ3n) is 3.78. The van der Waals surface area contributed by atoms with Gasteiger partial charge in [0, 0.05) is 13.1 Å². The summed E-state index contributed by atoms with van der Waals surface area (Å²) in [7, 11) is 0.774. The molecule has 3 rings (SSSR count). The van der Waals surface area contributed by atoms with Crippen LogP contribution >= 0.6 is 0 Å². The zero-order valence-electron chi connectivity index (χ0n) is 13.4. The Morgan fingerprint density at radius 2 is 1.93 bits per heavy atom. The van der Waals surface area contributed by atoms with Crippen LogP contribution in [0.1, 0.15) is 5.69 Å². The largest absolute Gasteiger partial charge is 0.481 e. The summed E-state index contributed by atoms with van der Waals surface area (Å²) >= 11 is 0. The first-order chi connectivity index (χ1) is 12.5. The standard InChI is InChI=1S/C14H9F3N4O6/c1-19-8(14(15,16)17)4-10(23)20(13(19)24)6-2-3-7-11(12(6)21(25)26)18-9(22)5-27-7/h2-4H,5H2,1H3,(H,18,22). The maximum atomic E-state index is 12.9. The van der Waals surface area contributed by atoms with Gasteiger partial charge in [0.15, 0.2) is 18.0 Å². The summed E-state index contributed by atoms with van der Waals surface area (Å²) in [6.45, 7) is -0.397. The van der Waals surface area contributed by atoms with E-state index in [0.29, 0.717) is 0 Å². The summed E-state index contributed by atoms with van der Waals surface area (Å²) in [5.41, 5.74) is -6.24. The Bertz CT molecular complexity index is 1100. The molecule has 0 unspecified atom stereocenters. The van der Waals surface area contributed by atoms with Gasteiger partial charge in [-0.3, -0.25) is 24.3 Å². The summed E-state index contributed by atoms with van der Waals surface area (Å²) in [4.78, 5) is 46.5. The van der Waals surface area contributed by atoms with Gasteiger partial charge in [-0.1, -0.05) is 0 Å². The van der Waals surface area contributed by atoms with E-state index < -0.39 is 57.6 Å². The number of amides is 1. The molecule has 0 aliphatic carbocycles. The molecule has 1 amide bonds. The Morgan fingerprint density at radius 3 is 2.52 bits per heavy atom. The maximum absolute atomic E-state index is 12.9. The van der Waals surface area contributed by atoms with Gasteiger partial charge < -0.3 is 10.1 Å². The summed E-state index contributed by atoms with van der Waals surface area (Å²) in [5, 5.41) is 13.7. The molecule has 142 valence electrons. The number of nitrogens with one attached hydrogen (secondary N) is 1. The van der Waals surface area contributed by atoms with Gasteiger partial charge in [-0.05, 0) is 12.1 Å². The number of hydrogen-bond donors (Lipinski definition) is 1. The van der Waals surface area contributed by atoms with Crippen molar-refractivity contribution >= 4 is 17.3 Å². The van der Waals surface area contributed by atoms with Crippen molar-refractivity contribution in [3.63, 3.8) is 0 Å². The average Bonchev–Trinajstić information content (AvgIpc) is 2.56. The molecule has 27 heavy (non-hydrogen) atoms. The van der Waals surface area contributed by atoms with Crippen LogP contribution in [0.3, 0.4) is 0 Å². The van der Waals surface area contributed by atoms with Crippen LogP contribution in [0, 0.1) is 10.1 Å². The van der Waals surface area contributed by atoms with Crippen LogP contribution in [0.2, 0.25) is 0 Å². The number of anilines is 1. The number of aromatic nitrogens is 2. The monoisotopic (exact) mass is 386 g/mol. The molecule has 0 atom stereocenters. The lowest BCUT2D eigenvalue weighted by molar-refractivity contribution is -0.383. The summed E-state index contributed by atoms with van der Waals surface area (Å²) < 4.78 is 44.2. The number of rotatable bonds is 2. The normalized spacial score (nSPS) is 13.6. The number of carbonyl (C=O) groups excluding carboxylic acids is 1. The van der Waals surface area contributed by atoms with E-state index in [0.717, 1.165) is 19.2 Å². The van der Waals surface area contributed by atoms with Crippen LogP contribution in [0.5, 0.6) is 5.75 Å². The van der Waals surface area contributed by atoms with Gasteiger partial charge in [0.2, 0.25) is 0 Å². The zero-order valence-corrected chi connectivity index (χ0v) is 13.4. The molecule has 10 nitrogen and oxygen atoms in total. The predicted octanol–water partition coefficient (Wildman–Crippen LogP) is 0.794. The van der Waals surface area contributed by atoms with Gasteiger partial charge in [-0.15, -0.1) is 0 Å². The first-order valence-corrected chi connectivity index (χ1v) is 7.17. The van der Waals surface area contributed by atoms with Gasteiger partial charge in [0.05, 0.1) is 4.92 Å². The van der Waals surface area contributed by atoms with Gasteiger partial charge >= 0.3 is 17.6 Å². The second-order valence-corrected chi connectivity index (χ2v) is 5.44. The van der Waals surface area contributed by atoms with Gasteiger partial charge in [-0.2, -0.15) is 13.2 Å². The van der Waals surface area contributed by atoms with E-state index in [1.54, 1.807) is 0 Å². The highest BCUT2D eigenvalue weighted by Crippen LogP contribution is 2.40. The Hall–Kier alpha value is -3.64. The lowest BCUT2D eigenvalue weighted by Gasteiger charge is -2.19. The summed E-state index contributed by atoms with van der Waals surface area (Å²) in [6.07, 6.45) is -4.98. The minimum atomic E-state index is -4.98. The van der Waals surface area contributed by atoms with E-state index >= 15 is 0 Å². The zero-order chi connectivity index (χ0) is 20.1. The van der Waals surface area contributed by atoms with Crippen molar-refractivity contribution in [1.29, 1.82) is 0 Å². The number of alkyl halides is 3. The second kappa shape index (κ2) is 5.96. The highest BCUT2D eigenvalue weighted by Gasteiger charge is 2.36. The van der Waals surface area contributed by atoms with Crippen LogP contribution in [0.4, 0.5) is 24.5 Å². The molecule has 1 aliphatic rings. The highest BCUT2D eigenvalue weighted by molar-refractivity contribution is 5.99.